The summed E-state index contributed by atoms with van der Waals surface area (Å²) in [6, 6.07) is 0. The summed E-state index contributed by atoms with van der Waals surface area (Å²) < 4.78 is 9.89. The highest BCUT2D eigenvalue weighted by atomic mass is 16.5. The Labute approximate surface area is 116 Å². The van der Waals surface area contributed by atoms with Gasteiger partial charge in [0.25, 0.3) is 0 Å². The lowest BCUT2D eigenvalue weighted by molar-refractivity contribution is -0.144. The molecular weight excluding hydrogens is 244 g/mol. The van der Waals surface area contributed by atoms with Crippen LogP contribution in [0.4, 0.5) is 0 Å². The average molecular weight is 270 g/mol. The van der Waals surface area contributed by atoms with Crippen LogP contribution in [-0.4, -0.2) is 25.2 Å². The van der Waals surface area contributed by atoms with Gasteiger partial charge in [0.05, 0.1) is 13.2 Å². The van der Waals surface area contributed by atoms with Crippen LogP contribution in [0.3, 0.4) is 0 Å². The van der Waals surface area contributed by atoms with Gasteiger partial charge in [0.15, 0.2) is 0 Å². The molecule has 0 atom stereocenters. The second-order valence-corrected chi connectivity index (χ2v) is 4.46. The van der Waals surface area contributed by atoms with Crippen molar-refractivity contribution in [1.82, 2.24) is 0 Å². The van der Waals surface area contributed by atoms with Crippen LogP contribution < -0.4 is 0 Å². The molecule has 0 bridgehead atoms. The molecule has 0 fully saturated rings. The molecule has 0 unspecified atom stereocenters. The SMILES string of the molecule is C=CC(=O)OCCCCOC(=O)CCCCCCC. The Morgan fingerprint density at radius 2 is 1.58 bits per heavy atom. The summed E-state index contributed by atoms with van der Waals surface area (Å²) in [4.78, 5) is 22.1. The van der Waals surface area contributed by atoms with Crippen LogP contribution >= 0.6 is 0 Å². The van der Waals surface area contributed by atoms with Crippen LogP contribution in [0.15, 0.2) is 12.7 Å². The van der Waals surface area contributed by atoms with Crippen LogP contribution in [0.2, 0.25) is 0 Å². The summed E-state index contributed by atoms with van der Waals surface area (Å²) >= 11 is 0. The van der Waals surface area contributed by atoms with Gasteiger partial charge in [0.2, 0.25) is 0 Å². The number of carbonyl (C=O) groups is 2. The highest BCUT2D eigenvalue weighted by molar-refractivity contribution is 5.81. The first-order chi connectivity index (χ1) is 9.20. The molecule has 0 rings (SSSR count). The molecular formula is C15H26O4. The molecule has 19 heavy (non-hydrogen) atoms. The molecule has 0 aromatic carbocycles. The summed E-state index contributed by atoms with van der Waals surface area (Å²) in [5.74, 6) is -0.538. The Balaban J connectivity index is 3.24. The van der Waals surface area contributed by atoms with E-state index >= 15 is 0 Å². The van der Waals surface area contributed by atoms with Crippen molar-refractivity contribution in [2.24, 2.45) is 0 Å². The quantitative estimate of drug-likeness (QED) is 0.310. The largest absolute Gasteiger partial charge is 0.466 e. The fourth-order valence-electron chi connectivity index (χ4n) is 1.57. The Bertz CT molecular complexity index is 261. The molecule has 0 saturated heterocycles. The lowest BCUT2D eigenvalue weighted by Crippen LogP contribution is -2.07. The maximum Gasteiger partial charge on any atom is 0.330 e. The Morgan fingerprint density at radius 1 is 0.947 bits per heavy atom. The van der Waals surface area contributed by atoms with Crippen molar-refractivity contribution in [3.63, 3.8) is 0 Å². The van der Waals surface area contributed by atoms with Gasteiger partial charge in [-0.1, -0.05) is 39.2 Å². The first-order valence-electron chi connectivity index (χ1n) is 7.15. The predicted octanol–water partition coefficient (Wildman–Crippen LogP) is 3.40. The van der Waals surface area contributed by atoms with Crippen molar-refractivity contribution < 1.29 is 19.1 Å². The summed E-state index contributed by atoms with van der Waals surface area (Å²) in [6.45, 7) is 6.22. The maximum atomic E-state index is 11.3. The van der Waals surface area contributed by atoms with Crippen LogP contribution in [0.5, 0.6) is 0 Å². The van der Waals surface area contributed by atoms with Crippen LogP contribution in [0.1, 0.15) is 58.3 Å². The van der Waals surface area contributed by atoms with E-state index in [0.717, 1.165) is 18.9 Å². The molecule has 110 valence electrons. The zero-order valence-electron chi connectivity index (χ0n) is 12.0. The molecule has 0 N–H and O–H groups in total. The first-order valence-corrected chi connectivity index (χ1v) is 7.15. The van der Waals surface area contributed by atoms with Gasteiger partial charge in [-0.2, -0.15) is 0 Å². The number of carbonyl (C=O) groups excluding carboxylic acids is 2. The van der Waals surface area contributed by atoms with Crippen molar-refractivity contribution in [3.05, 3.63) is 12.7 Å². The number of unbranched alkanes of at least 4 members (excludes halogenated alkanes) is 5. The van der Waals surface area contributed by atoms with E-state index in [2.05, 4.69) is 13.5 Å². The minimum absolute atomic E-state index is 0.125. The molecule has 0 amide bonds. The Hall–Kier alpha value is -1.32. The highest BCUT2D eigenvalue weighted by Crippen LogP contribution is 2.06. The molecule has 0 aliphatic carbocycles. The number of ether oxygens (including phenoxy) is 2. The number of hydrogen-bond donors (Lipinski definition) is 0. The lowest BCUT2D eigenvalue weighted by atomic mass is 10.1. The third-order valence-electron chi connectivity index (χ3n) is 2.70. The second kappa shape index (κ2) is 13.1. The summed E-state index contributed by atoms with van der Waals surface area (Å²) in [7, 11) is 0. The highest BCUT2D eigenvalue weighted by Gasteiger charge is 2.02. The molecule has 0 heterocycles. The van der Waals surface area contributed by atoms with Gasteiger partial charge in [-0.25, -0.2) is 4.79 Å². The van der Waals surface area contributed by atoms with Crippen molar-refractivity contribution in [1.29, 1.82) is 0 Å². The van der Waals surface area contributed by atoms with E-state index in [1.54, 1.807) is 0 Å². The van der Waals surface area contributed by atoms with E-state index in [1.165, 1.54) is 19.3 Å². The topological polar surface area (TPSA) is 52.6 Å². The third-order valence-corrected chi connectivity index (χ3v) is 2.70. The summed E-state index contributed by atoms with van der Waals surface area (Å²) in [5.41, 5.74) is 0. The molecule has 0 aliphatic rings. The van der Waals surface area contributed by atoms with Crippen molar-refractivity contribution in [2.75, 3.05) is 13.2 Å². The van der Waals surface area contributed by atoms with E-state index in [1.807, 2.05) is 0 Å². The minimum atomic E-state index is -0.413. The first kappa shape index (κ1) is 17.7. The van der Waals surface area contributed by atoms with Crippen molar-refractivity contribution in [3.8, 4) is 0 Å². The van der Waals surface area contributed by atoms with E-state index in [4.69, 9.17) is 9.47 Å². The van der Waals surface area contributed by atoms with Crippen LogP contribution in [0.25, 0.3) is 0 Å². The Kier molecular flexibility index (Phi) is 12.2. The van der Waals surface area contributed by atoms with Gasteiger partial charge in [-0.3, -0.25) is 4.79 Å². The summed E-state index contributed by atoms with van der Waals surface area (Å²) in [6.07, 6.45) is 8.71. The van der Waals surface area contributed by atoms with Gasteiger partial charge in [-0.15, -0.1) is 0 Å². The zero-order chi connectivity index (χ0) is 14.3. The normalized spacial score (nSPS) is 9.95. The second-order valence-electron chi connectivity index (χ2n) is 4.46. The molecule has 0 saturated carbocycles. The van der Waals surface area contributed by atoms with E-state index in [0.29, 0.717) is 32.5 Å². The fourth-order valence-corrected chi connectivity index (χ4v) is 1.57. The lowest BCUT2D eigenvalue weighted by Gasteiger charge is -2.05. The molecule has 4 heteroatoms. The predicted molar refractivity (Wildman–Crippen MR) is 74.7 cm³/mol. The van der Waals surface area contributed by atoms with Gasteiger partial charge in [-0.05, 0) is 19.3 Å². The smallest absolute Gasteiger partial charge is 0.330 e. The van der Waals surface area contributed by atoms with Gasteiger partial charge >= 0.3 is 11.9 Å². The average Bonchev–Trinajstić information content (AvgIpc) is 2.42. The standard InChI is InChI=1S/C15H26O4/c1-3-5-6-7-8-11-15(17)19-13-10-9-12-18-14(16)4-2/h4H,2-3,5-13H2,1H3. The van der Waals surface area contributed by atoms with E-state index in [9.17, 15) is 9.59 Å². The van der Waals surface area contributed by atoms with Gasteiger partial charge in [0, 0.05) is 12.5 Å². The van der Waals surface area contributed by atoms with Gasteiger partial charge < -0.3 is 9.47 Å². The molecule has 0 aromatic rings. The van der Waals surface area contributed by atoms with Crippen LogP contribution in [-0.2, 0) is 19.1 Å². The van der Waals surface area contributed by atoms with Crippen molar-refractivity contribution >= 4 is 11.9 Å². The number of esters is 2. The van der Waals surface area contributed by atoms with Gasteiger partial charge in [0.1, 0.15) is 0 Å². The zero-order valence-corrected chi connectivity index (χ0v) is 12.0. The van der Waals surface area contributed by atoms with Crippen LogP contribution in [0, 0.1) is 0 Å². The molecule has 0 aliphatic heterocycles. The Morgan fingerprint density at radius 3 is 2.21 bits per heavy atom. The molecule has 0 spiro atoms. The number of hydrogen-bond acceptors (Lipinski definition) is 4. The fraction of sp³-hybridized carbons (Fsp3) is 0.733. The minimum Gasteiger partial charge on any atom is -0.466 e. The monoisotopic (exact) mass is 270 g/mol. The summed E-state index contributed by atoms with van der Waals surface area (Å²) in [5, 5.41) is 0. The molecule has 0 radical (unpaired) electrons. The van der Waals surface area contributed by atoms with Crippen molar-refractivity contribution in [2.45, 2.75) is 58.3 Å². The van der Waals surface area contributed by atoms with E-state index in [-0.39, 0.29) is 5.97 Å². The molecule has 0 aromatic heterocycles. The maximum absolute atomic E-state index is 11.3. The molecule has 4 nitrogen and oxygen atoms in total. The number of rotatable bonds is 12. The third kappa shape index (κ3) is 12.9. The van der Waals surface area contributed by atoms with E-state index < -0.39 is 5.97 Å².